The van der Waals surface area contributed by atoms with Crippen molar-refractivity contribution in [2.45, 2.75) is 6.23 Å². The first-order valence-corrected chi connectivity index (χ1v) is 4.17. The molecular formula is C7H11N5O2. The van der Waals surface area contributed by atoms with Crippen LogP contribution in [0.3, 0.4) is 0 Å². The molecule has 0 amide bonds. The molecule has 0 bridgehead atoms. The van der Waals surface area contributed by atoms with Crippen LogP contribution in [0.25, 0.3) is 0 Å². The minimum atomic E-state index is -0.513. The third kappa shape index (κ3) is 1.54. The monoisotopic (exact) mass is 197 g/mol. The Balaban J connectivity index is 2.18. The lowest BCUT2D eigenvalue weighted by atomic mass is 10.3. The molecule has 2 heterocycles. The summed E-state index contributed by atoms with van der Waals surface area (Å²) in [5.74, 6) is 0.868. The lowest BCUT2D eigenvalue weighted by Crippen LogP contribution is -2.29. The summed E-state index contributed by atoms with van der Waals surface area (Å²) in [6, 6.07) is 0. The van der Waals surface area contributed by atoms with Crippen LogP contribution in [0.1, 0.15) is 11.9 Å². The predicted molar refractivity (Wildman–Crippen MR) is 49.6 cm³/mol. The fourth-order valence-electron chi connectivity index (χ4n) is 1.22. The number of rotatable bonds is 3. The van der Waals surface area contributed by atoms with E-state index in [9.17, 15) is 0 Å². The van der Waals surface area contributed by atoms with Gasteiger partial charge in [0.2, 0.25) is 0 Å². The Labute approximate surface area is 80.0 Å². The first-order chi connectivity index (χ1) is 6.81. The Kier molecular flexibility index (Phi) is 2.33. The summed E-state index contributed by atoms with van der Waals surface area (Å²) in [6.07, 6.45) is 1.02. The number of aromatic nitrogens is 2. The molecular weight excluding hydrogens is 186 g/mol. The van der Waals surface area contributed by atoms with Gasteiger partial charge in [0.05, 0.1) is 19.5 Å². The molecule has 1 aliphatic rings. The van der Waals surface area contributed by atoms with Crippen LogP contribution in [-0.4, -0.2) is 34.2 Å². The number of ether oxygens (including phenoxy) is 1. The maximum Gasteiger partial charge on any atom is 0.197 e. The van der Waals surface area contributed by atoms with Gasteiger partial charge in [-0.25, -0.2) is 9.98 Å². The molecule has 0 spiro atoms. The predicted octanol–water partition coefficient (Wildman–Crippen LogP) is -0.843. The molecule has 0 aromatic carbocycles. The highest BCUT2D eigenvalue weighted by Gasteiger charge is 2.22. The number of hydrogen-bond donors (Lipinski definition) is 4. The molecule has 0 saturated heterocycles. The van der Waals surface area contributed by atoms with E-state index in [4.69, 9.17) is 15.6 Å². The van der Waals surface area contributed by atoms with E-state index < -0.39 is 6.23 Å². The third-order valence-electron chi connectivity index (χ3n) is 1.79. The van der Waals surface area contributed by atoms with E-state index in [0.717, 1.165) is 0 Å². The molecule has 1 aromatic heterocycles. The topological polar surface area (TPSA) is 109 Å². The number of nitrogens with two attached hydrogens (primary N) is 1. The fraction of sp³-hybridized carbons (Fsp3) is 0.429. The second-order valence-electron chi connectivity index (χ2n) is 2.75. The van der Waals surface area contributed by atoms with Crippen LogP contribution >= 0.6 is 0 Å². The van der Waals surface area contributed by atoms with Crippen molar-refractivity contribution in [3.8, 4) is 0 Å². The maximum atomic E-state index is 8.62. The molecule has 5 N–H and O–H groups in total. The number of aliphatic hydroxyl groups is 1. The number of aliphatic imine (C=N–C) groups is 1. The lowest BCUT2D eigenvalue weighted by Gasteiger charge is -2.18. The first kappa shape index (κ1) is 8.97. The van der Waals surface area contributed by atoms with Gasteiger partial charge in [0.15, 0.2) is 18.0 Å². The molecule has 0 saturated carbocycles. The molecule has 1 atom stereocenters. The number of aromatic amines is 1. The van der Waals surface area contributed by atoms with Gasteiger partial charge in [0.1, 0.15) is 5.69 Å². The van der Waals surface area contributed by atoms with Crippen LogP contribution in [-0.2, 0) is 4.74 Å². The van der Waals surface area contributed by atoms with Gasteiger partial charge in [-0.05, 0) is 0 Å². The molecule has 7 nitrogen and oxygen atoms in total. The van der Waals surface area contributed by atoms with Gasteiger partial charge < -0.3 is 25.9 Å². The highest BCUT2D eigenvalue weighted by Crippen LogP contribution is 2.26. The Bertz CT molecular complexity index is 348. The number of anilines is 1. The molecule has 1 aromatic rings. The Morgan fingerprint density at radius 1 is 1.64 bits per heavy atom. The zero-order valence-corrected chi connectivity index (χ0v) is 7.40. The second-order valence-corrected chi connectivity index (χ2v) is 2.75. The van der Waals surface area contributed by atoms with E-state index in [0.29, 0.717) is 11.5 Å². The minimum Gasteiger partial charge on any atom is -0.394 e. The Morgan fingerprint density at radius 2 is 2.50 bits per heavy atom. The van der Waals surface area contributed by atoms with Crippen LogP contribution in [0.5, 0.6) is 0 Å². The van der Waals surface area contributed by atoms with E-state index >= 15 is 0 Å². The van der Waals surface area contributed by atoms with Crippen LogP contribution in [0.2, 0.25) is 0 Å². The molecule has 0 aliphatic carbocycles. The minimum absolute atomic E-state index is 0.0528. The number of aliphatic hydroxyl groups excluding tert-OH is 1. The quantitative estimate of drug-likeness (QED) is 0.505. The average Bonchev–Trinajstić information content (AvgIpc) is 2.61. The van der Waals surface area contributed by atoms with Crippen molar-refractivity contribution in [1.82, 2.24) is 9.97 Å². The van der Waals surface area contributed by atoms with E-state index in [-0.39, 0.29) is 19.2 Å². The van der Waals surface area contributed by atoms with Gasteiger partial charge in [0, 0.05) is 0 Å². The molecule has 2 rings (SSSR count). The van der Waals surface area contributed by atoms with E-state index in [1.54, 1.807) is 0 Å². The SMILES string of the molecule is NC1=NC(OCCO)c2[nH]cnc2N1. The normalized spacial score (nSPS) is 19.8. The summed E-state index contributed by atoms with van der Waals surface area (Å²) in [4.78, 5) is 10.9. The van der Waals surface area contributed by atoms with Crippen LogP contribution < -0.4 is 11.1 Å². The number of nitrogens with zero attached hydrogens (tertiary/aromatic N) is 2. The van der Waals surface area contributed by atoms with Crippen LogP contribution in [0.15, 0.2) is 11.3 Å². The Hall–Kier alpha value is -1.60. The van der Waals surface area contributed by atoms with Crippen molar-refractivity contribution < 1.29 is 9.84 Å². The van der Waals surface area contributed by atoms with Crippen LogP contribution in [0, 0.1) is 0 Å². The summed E-state index contributed by atoms with van der Waals surface area (Å²) in [5, 5.41) is 11.4. The molecule has 76 valence electrons. The number of H-pyrrole nitrogens is 1. The summed E-state index contributed by atoms with van der Waals surface area (Å²) in [7, 11) is 0. The molecule has 0 fully saturated rings. The molecule has 1 unspecified atom stereocenters. The van der Waals surface area contributed by atoms with Gasteiger partial charge in [-0.2, -0.15) is 0 Å². The fourth-order valence-corrected chi connectivity index (χ4v) is 1.22. The molecule has 0 radical (unpaired) electrons. The highest BCUT2D eigenvalue weighted by molar-refractivity contribution is 5.93. The molecule has 7 heteroatoms. The highest BCUT2D eigenvalue weighted by atomic mass is 16.5. The van der Waals surface area contributed by atoms with Gasteiger partial charge in [-0.3, -0.25) is 0 Å². The Morgan fingerprint density at radius 3 is 3.29 bits per heavy atom. The third-order valence-corrected chi connectivity index (χ3v) is 1.79. The maximum absolute atomic E-state index is 8.62. The number of hydrogen-bond acceptors (Lipinski definition) is 6. The number of guanidine groups is 1. The van der Waals surface area contributed by atoms with Crippen LogP contribution in [0.4, 0.5) is 5.82 Å². The van der Waals surface area contributed by atoms with E-state index in [2.05, 4.69) is 20.3 Å². The summed E-state index contributed by atoms with van der Waals surface area (Å²) >= 11 is 0. The van der Waals surface area contributed by atoms with E-state index in [1.807, 2.05) is 0 Å². The van der Waals surface area contributed by atoms with Gasteiger partial charge in [0.25, 0.3) is 0 Å². The second kappa shape index (κ2) is 3.64. The van der Waals surface area contributed by atoms with Crippen molar-refractivity contribution in [1.29, 1.82) is 0 Å². The van der Waals surface area contributed by atoms with Crippen molar-refractivity contribution in [2.24, 2.45) is 10.7 Å². The molecule has 1 aliphatic heterocycles. The van der Waals surface area contributed by atoms with Crippen molar-refractivity contribution in [2.75, 3.05) is 18.5 Å². The number of nitrogens with one attached hydrogen (secondary N) is 2. The zero-order valence-electron chi connectivity index (χ0n) is 7.40. The van der Waals surface area contributed by atoms with Gasteiger partial charge in [-0.1, -0.05) is 0 Å². The summed E-state index contributed by atoms with van der Waals surface area (Å²) < 4.78 is 5.26. The van der Waals surface area contributed by atoms with Gasteiger partial charge >= 0.3 is 0 Å². The molecule has 14 heavy (non-hydrogen) atoms. The average molecular weight is 197 g/mol. The smallest absolute Gasteiger partial charge is 0.197 e. The van der Waals surface area contributed by atoms with Crippen molar-refractivity contribution >= 4 is 11.8 Å². The first-order valence-electron chi connectivity index (χ1n) is 4.17. The lowest BCUT2D eigenvalue weighted by molar-refractivity contribution is 0.0306. The van der Waals surface area contributed by atoms with Gasteiger partial charge in [-0.15, -0.1) is 0 Å². The zero-order chi connectivity index (χ0) is 9.97. The number of fused-ring (bicyclic) bond motifs is 1. The standard InChI is InChI=1S/C7H11N5O2/c8-7-11-5-4(9-3-10-5)6(12-7)14-2-1-13/h3,6,13H,1-2H2,(H,9,10)(H3,8,11,12). The summed E-state index contributed by atoms with van der Waals surface area (Å²) in [6.45, 7) is 0.155. The van der Waals surface area contributed by atoms with E-state index in [1.165, 1.54) is 6.33 Å². The number of imidazole rings is 1. The van der Waals surface area contributed by atoms with Crippen molar-refractivity contribution in [3.05, 3.63) is 12.0 Å². The summed E-state index contributed by atoms with van der Waals surface area (Å²) in [5.41, 5.74) is 6.23. The van der Waals surface area contributed by atoms with Crippen molar-refractivity contribution in [3.63, 3.8) is 0 Å². The largest absolute Gasteiger partial charge is 0.394 e.